The second-order valence-electron chi connectivity index (χ2n) is 8.68. The van der Waals surface area contributed by atoms with Gasteiger partial charge in [-0.2, -0.15) is 18.4 Å². The van der Waals surface area contributed by atoms with E-state index in [1.165, 1.54) is 0 Å². The largest absolute Gasteiger partial charge is 0.393 e. The van der Waals surface area contributed by atoms with Crippen molar-refractivity contribution in [1.29, 1.82) is 5.26 Å². The van der Waals surface area contributed by atoms with Gasteiger partial charge in [-0.15, -0.1) is 0 Å². The van der Waals surface area contributed by atoms with Crippen LogP contribution < -0.4 is 10.2 Å². The monoisotopic (exact) mass is 416 g/mol. The molecule has 1 N–H and O–H groups in total. The highest BCUT2D eigenvalue weighted by Crippen LogP contribution is 2.40. The molecule has 3 atom stereocenters. The summed E-state index contributed by atoms with van der Waals surface area (Å²) in [7, 11) is 0. The van der Waals surface area contributed by atoms with Crippen LogP contribution in [0.5, 0.6) is 0 Å². The first-order valence-corrected chi connectivity index (χ1v) is 10.8. The van der Waals surface area contributed by atoms with E-state index in [1.807, 2.05) is 11.0 Å². The van der Waals surface area contributed by atoms with Gasteiger partial charge < -0.3 is 10.2 Å². The van der Waals surface area contributed by atoms with E-state index in [0.717, 1.165) is 49.8 Å². The average Bonchev–Trinajstić information content (AvgIpc) is 2.77. The van der Waals surface area contributed by atoms with E-state index >= 15 is 0 Å². The van der Waals surface area contributed by atoms with Crippen LogP contribution in [0.15, 0.2) is 30.5 Å². The summed E-state index contributed by atoms with van der Waals surface area (Å²) in [5.74, 6) is -0.754. The molecular formula is C23H27F3N4. The number of alkyl halides is 3. The minimum Gasteiger partial charge on any atom is -0.370 e. The zero-order chi connectivity index (χ0) is 21.1. The van der Waals surface area contributed by atoms with Gasteiger partial charge in [-0.05, 0) is 81.3 Å². The first kappa shape index (κ1) is 20.9. The van der Waals surface area contributed by atoms with Crippen LogP contribution >= 0.6 is 0 Å². The molecule has 1 unspecified atom stereocenters. The highest BCUT2D eigenvalue weighted by Gasteiger charge is 2.44. The van der Waals surface area contributed by atoms with Gasteiger partial charge in [0.2, 0.25) is 0 Å². The molecule has 2 aromatic rings. The first-order chi connectivity index (χ1) is 14.5. The highest BCUT2D eigenvalue weighted by molar-refractivity contribution is 5.95. The van der Waals surface area contributed by atoms with Crippen molar-refractivity contribution in [2.75, 3.05) is 31.1 Å². The molecule has 2 fully saturated rings. The smallest absolute Gasteiger partial charge is 0.370 e. The molecule has 0 bridgehead atoms. The standard InChI is InChI=1S/C23H27F3N4/c24-23(25,26)19-11-17(6-5-16-3-1-9-28-13-16)14-30(15-19)21-8-7-18(12-27)22-20(21)4-2-10-29-22/h2,4,7-8,10,16-17,19,28H,1,3,5-6,9,11,13-15H2/t16?,17-,19+/m1/s1. The van der Waals surface area contributed by atoms with Crippen molar-refractivity contribution in [2.45, 2.75) is 38.3 Å². The molecular weight excluding hydrogens is 389 g/mol. The Morgan fingerprint density at radius 3 is 2.73 bits per heavy atom. The quantitative estimate of drug-likeness (QED) is 0.771. The second kappa shape index (κ2) is 8.81. The Labute approximate surface area is 175 Å². The van der Waals surface area contributed by atoms with E-state index in [2.05, 4.69) is 16.4 Å². The molecule has 1 aromatic carbocycles. The predicted octanol–water partition coefficient (Wildman–Crippen LogP) is 4.89. The summed E-state index contributed by atoms with van der Waals surface area (Å²) in [6.45, 7) is 2.60. The molecule has 4 rings (SSSR count). The van der Waals surface area contributed by atoms with Crippen LogP contribution in [0, 0.1) is 29.1 Å². The fourth-order valence-corrected chi connectivity index (χ4v) is 5.01. The van der Waals surface area contributed by atoms with E-state index in [0.29, 0.717) is 23.5 Å². The number of nitrogens with zero attached hydrogens (tertiary/aromatic N) is 3. The molecule has 0 radical (unpaired) electrons. The average molecular weight is 416 g/mol. The highest BCUT2D eigenvalue weighted by atomic mass is 19.4. The molecule has 160 valence electrons. The maximum atomic E-state index is 13.7. The van der Waals surface area contributed by atoms with Gasteiger partial charge in [0.25, 0.3) is 0 Å². The number of nitriles is 1. The van der Waals surface area contributed by atoms with Crippen molar-refractivity contribution >= 4 is 16.6 Å². The molecule has 2 aliphatic rings. The van der Waals surface area contributed by atoms with E-state index in [-0.39, 0.29) is 18.9 Å². The Morgan fingerprint density at radius 2 is 2.00 bits per heavy atom. The van der Waals surface area contributed by atoms with Crippen molar-refractivity contribution in [2.24, 2.45) is 17.8 Å². The number of benzene rings is 1. The van der Waals surface area contributed by atoms with Crippen LogP contribution in [0.4, 0.5) is 18.9 Å². The Balaban J connectivity index is 1.59. The zero-order valence-electron chi connectivity index (χ0n) is 17.0. The van der Waals surface area contributed by atoms with Gasteiger partial charge in [0.05, 0.1) is 17.0 Å². The normalized spacial score (nSPS) is 25.3. The molecule has 0 saturated carbocycles. The number of rotatable bonds is 4. The number of hydrogen-bond donors (Lipinski definition) is 1. The number of piperidine rings is 2. The molecule has 2 saturated heterocycles. The summed E-state index contributed by atoms with van der Waals surface area (Å²) < 4.78 is 41.2. The van der Waals surface area contributed by atoms with Gasteiger partial charge in [0, 0.05) is 30.4 Å². The van der Waals surface area contributed by atoms with Crippen molar-refractivity contribution in [3.63, 3.8) is 0 Å². The van der Waals surface area contributed by atoms with Crippen molar-refractivity contribution in [1.82, 2.24) is 10.3 Å². The Morgan fingerprint density at radius 1 is 1.17 bits per heavy atom. The lowest BCUT2D eigenvalue weighted by molar-refractivity contribution is -0.179. The van der Waals surface area contributed by atoms with Crippen LogP contribution in [0.2, 0.25) is 0 Å². The molecule has 4 nitrogen and oxygen atoms in total. The number of halogens is 3. The summed E-state index contributed by atoms with van der Waals surface area (Å²) in [6.07, 6.45) is 1.72. The minimum atomic E-state index is -4.20. The summed E-state index contributed by atoms with van der Waals surface area (Å²) in [5.41, 5.74) is 1.74. The summed E-state index contributed by atoms with van der Waals surface area (Å²) in [6, 6.07) is 9.20. The predicted molar refractivity (Wildman–Crippen MR) is 111 cm³/mol. The molecule has 30 heavy (non-hydrogen) atoms. The lowest BCUT2D eigenvalue weighted by Crippen LogP contribution is -2.46. The summed E-state index contributed by atoms with van der Waals surface area (Å²) in [5, 5.41) is 13.5. The van der Waals surface area contributed by atoms with Crippen LogP contribution in [0.3, 0.4) is 0 Å². The van der Waals surface area contributed by atoms with Crippen molar-refractivity contribution < 1.29 is 13.2 Å². The van der Waals surface area contributed by atoms with Gasteiger partial charge in [0.1, 0.15) is 6.07 Å². The van der Waals surface area contributed by atoms with E-state index in [4.69, 9.17) is 0 Å². The van der Waals surface area contributed by atoms with Crippen LogP contribution in [0.25, 0.3) is 10.9 Å². The van der Waals surface area contributed by atoms with Crippen LogP contribution in [0.1, 0.15) is 37.7 Å². The zero-order valence-corrected chi connectivity index (χ0v) is 17.0. The minimum absolute atomic E-state index is 0.00895. The Hall–Kier alpha value is -2.33. The SMILES string of the molecule is N#Cc1ccc(N2C[C@H](CCC3CCCNC3)C[C@H](C(F)(F)F)C2)c2cccnc12. The summed E-state index contributed by atoms with van der Waals surface area (Å²) in [4.78, 5) is 6.19. The number of pyridine rings is 1. The molecule has 0 amide bonds. The van der Waals surface area contributed by atoms with Gasteiger partial charge in [-0.25, -0.2) is 0 Å². The number of aromatic nitrogens is 1. The van der Waals surface area contributed by atoms with Crippen LogP contribution in [-0.2, 0) is 0 Å². The fraction of sp³-hybridized carbons (Fsp3) is 0.565. The second-order valence-corrected chi connectivity index (χ2v) is 8.68. The van der Waals surface area contributed by atoms with Crippen molar-refractivity contribution in [3.05, 3.63) is 36.0 Å². The fourth-order valence-electron chi connectivity index (χ4n) is 5.01. The third-order valence-corrected chi connectivity index (χ3v) is 6.59. The van der Waals surface area contributed by atoms with E-state index < -0.39 is 12.1 Å². The lowest BCUT2D eigenvalue weighted by atomic mass is 9.82. The molecule has 2 aliphatic heterocycles. The molecule has 7 heteroatoms. The topological polar surface area (TPSA) is 52.0 Å². The van der Waals surface area contributed by atoms with E-state index in [1.54, 1.807) is 24.4 Å². The number of hydrogen-bond acceptors (Lipinski definition) is 4. The third kappa shape index (κ3) is 4.54. The number of fused-ring (bicyclic) bond motifs is 1. The van der Waals surface area contributed by atoms with Gasteiger partial charge >= 0.3 is 6.18 Å². The number of nitrogens with one attached hydrogen (secondary N) is 1. The maximum Gasteiger partial charge on any atom is 0.393 e. The van der Waals surface area contributed by atoms with Gasteiger partial charge in [-0.1, -0.05) is 0 Å². The van der Waals surface area contributed by atoms with Gasteiger partial charge in [0.15, 0.2) is 0 Å². The number of anilines is 1. The van der Waals surface area contributed by atoms with Crippen molar-refractivity contribution in [3.8, 4) is 6.07 Å². The van der Waals surface area contributed by atoms with Gasteiger partial charge in [-0.3, -0.25) is 4.98 Å². The van der Waals surface area contributed by atoms with Crippen LogP contribution in [-0.4, -0.2) is 37.3 Å². The lowest BCUT2D eigenvalue weighted by Gasteiger charge is -2.41. The molecule has 0 spiro atoms. The van der Waals surface area contributed by atoms with E-state index in [9.17, 15) is 18.4 Å². The molecule has 0 aliphatic carbocycles. The molecule has 3 heterocycles. The Bertz CT molecular complexity index is 915. The molecule has 1 aromatic heterocycles. The summed E-state index contributed by atoms with van der Waals surface area (Å²) >= 11 is 0. The Kier molecular flexibility index (Phi) is 6.14. The maximum absolute atomic E-state index is 13.7. The third-order valence-electron chi connectivity index (χ3n) is 6.59. The first-order valence-electron chi connectivity index (χ1n) is 10.8.